The Hall–Kier alpha value is 0.120. The largest absolute Gasteiger partial charge is 0.379 e. The van der Waals surface area contributed by atoms with Crippen molar-refractivity contribution in [1.82, 2.24) is 8.61 Å². The molecule has 1 saturated heterocycles. The zero-order valence-electron chi connectivity index (χ0n) is 9.02. The van der Waals surface area contributed by atoms with E-state index in [9.17, 15) is 8.42 Å². The molecule has 0 aromatic heterocycles. The standard InChI is InChI=1S/C8H17ClN2O3S/c1-8(7-9)10(2)15(12,13)11-3-5-14-6-4-11/h8H,3-7H2,1-2H3. The van der Waals surface area contributed by atoms with E-state index in [4.69, 9.17) is 16.3 Å². The minimum absolute atomic E-state index is 0.195. The first-order chi connectivity index (χ1) is 7.00. The zero-order chi connectivity index (χ0) is 11.5. The Labute approximate surface area is 96.1 Å². The molecule has 0 radical (unpaired) electrons. The molecule has 0 aromatic rings. The van der Waals surface area contributed by atoms with Crippen molar-refractivity contribution in [3.8, 4) is 0 Å². The second-order valence-electron chi connectivity index (χ2n) is 3.54. The predicted molar refractivity (Wildman–Crippen MR) is 59.3 cm³/mol. The molecule has 0 aromatic carbocycles. The van der Waals surface area contributed by atoms with Gasteiger partial charge in [0, 0.05) is 32.1 Å². The van der Waals surface area contributed by atoms with Gasteiger partial charge in [0.1, 0.15) is 0 Å². The molecule has 7 heteroatoms. The summed E-state index contributed by atoms with van der Waals surface area (Å²) in [5, 5.41) is 0. The van der Waals surface area contributed by atoms with Crippen molar-refractivity contribution in [2.24, 2.45) is 0 Å². The van der Waals surface area contributed by atoms with Gasteiger partial charge in [0.15, 0.2) is 0 Å². The van der Waals surface area contributed by atoms with E-state index in [1.54, 1.807) is 14.0 Å². The van der Waals surface area contributed by atoms with Crippen molar-refractivity contribution >= 4 is 21.8 Å². The Morgan fingerprint density at radius 2 is 2.00 bits per heavy atom. The number of halogens is 1. The summed E-state index contributed by atoms with van der Waals surface area (Å²) in [6, 6.07) is -0.195. The SMILES string of the molecule is CC(CCl)N(C)S(=O)(=O)N1CCOCC1. The predicted octanol–water partition coefficient (Wildman–Crippen LogP) is 0.123. The molecule has 1 aliphatic heterocycles. The Balaban J connectivity index is 2.72. The van der Waals surface area contributed by atoms with Crippen LogP contribution in [0.2, 0.25) is 0 Å². The van der Waals surface area contributed by atoms with Gasteiger partial charge in [-0.2, -0.15) is 17.0 Å². The molecule has 5 nitrogen and oxygen atoms in total. The van der Waals surface area contributed by atoms with Gasteiger partial charge in [0.2, 0.25) is 0 Å². The number of hydrogen-bond donors (Lipinski definition) is 0. The summed E-state index contributed by atoms with van der Waals surface area (Å²) in [5.41, 5.74) is 0. The van der Waals surface area contributed by atoms with Gasteiger partial charge < -0.3 is 4.74 Å². The van der Waals surface area contributed by atoms with Gasteiger partial charge in [-0.3, -0.25) is 0 Å². The van der Waals surface area contributed by atoms with Crippen LogP contribution in [-0.4, -0.2) is 62.3 Å². The van der Waals surface area contributed by atoms with Crippen LogP contribution in [-0.2, 0) is 14.9 Å². The number of morpholine rings is 1. The summed E-state index contributed by atoms with van der Waals surface area (Å²) in [4.78, 5) is 0. The first kappa shape index (κ1) is 13.2. The molecule has 15 heavy (non-hydrogen) atoms. The molecule has 1 aliphatic rings. The Morgan fingerprint density at radius 1 is 1.47 bits per heavy atom. The van der Waals surface area contributed by atoms with E-state index in [0.29, 0.717) is 32.2 Å². The summed E-state index contributed by atoms with van der Waals surface area (Å²) in [6.45, 7) is 3.54. The molecule has 0 amide bonds. The molecule has 90 valence electrons. The maximum atomic E-state index is 12.0. The second-order valence-corrected chi connectivity index (χ2v) is 5.84. The highest BCUT2D eigenvalue weighted by molar-refractivity contribution is 7.86. The molecule has 0 spiro atoms. The summed E-state index contributed by atoms with van der Waals surface area (Å²) < 4.78 is 31.9. The van der Waals surface area contributed by atoms with Gasteiger partial charge in [0.05, 0.1) is 13.2 Å². The van der Waals surface area contributed by atoms with Crippen molar-refractivity contribution in [3.63, 3.8) is 0 Å². The van der Waals surface area contributed by atoms with Crippen LogP contribution in [0.3, 0.4) is 0 Å². The summed E-state index contributed by atoms with van der Waals surface area (Å²) in [5.74, 6) is 0.292. The van der Waals surface area contributed by atoms with Crippen LogP contribution in [0, 0.1) is 0 Å². The molecule has 1 unspecified atom stereocenters. The fraction of sp³-hybridized carbons (Fsp3) is 1.00. The van der Waals surface area contributed by atoms with Gasteiger partial charge in [-0.25, -0.2) is 0 Å². The van der Waals surface area contributed by atoms with Crippen LogP contribution in [0.5, 0.6) is 0 Å². The smallest absolute Gasteiger partial charge is 0.282 e. The minimum atomic E-state index is -3.37. The lowest BCUT2D eigenvalue weighted by atomic mass is 10.4. The van der Waals surface area contributed by atoms with E-state index in [1.165, 1.54) is 8.61 Å². The lowest BCUT2D eigenvalue weighted by Crippen LogP contribution is -2.50. The summed E-state index contributed by atoms with van der Waals surface area (Å²) in [7, 11) is -1.82. The van der Waals surface area contributed by atoms with E-state index < -0.39 is 10.2 Å². The Bertz CT molecular complexity index is 282. The third-order valence-corrected chi connectivity index (χ3v) is 5.06. The van der Waals surface area contributed by atoms with Crippen molar-refractivity contribution in [2.45, 2.75) is 13.0 Å². The average molecular weight is 257 g/mol. The average Bonchev–Trinajstić information content (AvgIpc) is 2.28. The fourth-order valence-corrected chi connectivity index (χ4v) is 3.08. The molecule has 1 atom stereocenters. The molecule has 0 N–H and O–H groups in total. The van der Waals surface area contributed by atoms with Gasteiger partial charge in [0.25, 0.3) is 10.2 Å². The lowest BCUT2D eigenvalue weighted by molar-refractivity contribution is 0.0701. The minimum Gasteiger partial charge on any atom is -0.379 e. The third-order valence-electron chi connectivity index (χ3n) is 2.50. The molecular formula is C8H17ClN2O3S. The number of alkyl halides is 1. The Kier molecular flexibility index (Phi) is 4.79. The van der Waals surface area contributed by atoms with E-state index in [0.717, 1.165) is 0 Å². The van der Waals surface area contributed by atoms with E-state index >= 15 is 0 Å². The van der Waals surface area contributed by atoms with Crippen molar-refractivity contribution in [3.05, 3.63) is 0 Å². The lowest BCUT2D eigenvalue weighted by Gasteiger charge is -2.32. The van der Waals surface area contributed by atoms with Crippen LogP contribution in [0.4, 0.5) is 0 Å². The van der Waals surface area contributed by atoms with Crippen LogP contribution in [0.25, 0.3) is 0 Å². The number of rotatable bonds is 4. The van der Waals surface area contributed by atoms with Crippen LogP contribution in [0.15, 0.2) is 0 Å². The van der Waals surface area contributed by atoms with Gasteiger partial charge in [-0.15, -0.1) is 11.6 Å². The van der Waals surface area contributed by atoms with Gasteiger partial charge in [-0.05, 0) is 6.92 Å². The maximum Gasteiger partial charge on any atom is 0.282 e. The van der Waals surface area contributed by atoms with Crippen LogP contribution < -0.4 is 0 Å². The summed E-state index contributed by atoms with van der Waals surface area (Å²) in [6.07, 6.45) is 0. The van der Waals surface area contributed by atoms with E-state index in [1.807, 2.05) is 0 Å². The van der Waals surface area contributed by atoms with Gasteiger partial charge >= 0.3 is 0 Å². The molecule has 0 saturated carbocycles. The van der Waals surface area contributed by atoms with Crippen LogP contribution in [0.1, 0.15) is 6.92 Å². The van der Waals surface area contributed by atoms with E-state index in [-0.39, 0.29) is 6.04 Å². The third kappa shape index (κ3) is 3.04. The first-order valence-electron chi connectivity index (χ1n) is 4.87. The maximum absolute atomic E-state index is 12.0. The number of ether oxygens (including phenoxy) is 1. The zero-order valence-corrected chi connectivity index (χ0v) is 10.6. The highest BCUT2D eigenvalue weighted by atomic mass is 35.5. The summed E-state index contributed by atoms with van der Waals surface area (Å²) >= 11 is 5.64. The normalized spacial score (nSPS) is 21.9. The van der Waals surface area contributed by atoms with Crippen molar-refractivity contribution in [1.29, 1.82) is 0 Å². The molecule has 1 heterocycles. The van der Waals surface area contributed by atoms with Crippen LogP contribution >= 0.6 is 11.6 Å². The monoisotopic (exact) mass is 256 g/mol. The quantitative estimate of drug-likeness (QED) is 0.672. The number of hydrogen-bond acceptors (Lipinski definition) is 3. The second kappa shape index (κ2) is 5.45. The molecule has 1 rings (SSSR count). The van der Waals surface area contributed by atoms with Crippen molar-refractivity contribution in [2.75, 3.05) is 39.2 Å². The highest BCUT2D eigenvalue weighted by Gasteiger charge is 2.30. The van der Waals surface area contributed by atoms with Crippen molar-refractivity contribution < 1.29 is 13.2 Å². The first-order valence-corrected chi connectivity index (χ1v) is 6.80. The molecular weight excluding hydrogens is 240 g/mol. The van der Waals surface area contributed by atoms with Gasteiger partial charge in [-0.1, -0.05) is 0 Å². The topological polar surface area (TPSA) is 49.9 Å². The number of nitrogens with zero attached hydrogens (tertiary/aromatic N) is 2. The molecule has 0 aliphatic carbocycles. The van der Waals surface area contributed by atoms with E-state index in [2.05, 4.69) is 0 Å². The molecule has 1 fully saturated rings. The highest BCUT2D eigenvalue weighted by Crippen LogP contribution is 2.12. The molecule has 0 bridgehead atoms. The fourth-order valence-electron chi connectivity index (χ4n) is 1.28. The Morgan fingerprint density at radius 3 is 2.47 bits per heavy atom.